The Morgan fingerprint density at radius 3 is 2.77 bits per heavy atom. The van der Waals surface area contributed by atoms with Crippen molar-refractivity contribution in [3.63, 3.8) is 0 Å². The molecule has 1 aliphatic rings. The third kappa shape index (κ3) is 2.61. The van der Waals surface area contributed by atoms with Crippen LogP contribution in [0.3, 0.4) is 0 Å². The van der Waals surface area contributed by atoms with Crippen LogP contribution in [0.4, 0.5) is 0 Å². The summed E-state index contributed by atoms with van der Waals surface area (Å²) in [5, 5.41) is 3.67. The van der Waals surface area contributed by atoms with Crippen LogP contribution < -0.4 is 5.32 Å². The molecule has 13 heavy (non-hydrogen) atoms. The van der Waals surface area contributed by atoms with E-state index in [4.69, 9.17) is 4.74 Å². The third-order valence-electron chi connectivity index (χ3n) is 2.69. The average Bonchev–Trinajstić information content (AvgIpc) is 2.04. The molecule has 0 radical (unpaired) electrons. The van der Waals surface area contributed by atoms with Gasteiger partial charge in [-0.1, -0.05) is 13.8 Å². The summed E-state index contributed by atoms with van der Waals surface area (Å²) in [5.41, 5.74) is 0. The highest BCUT2D eigenvalue weighted by atomic mass is 32.2. The predicted molar refractivity (Wildman–Crippen MR) is 59.1 cm³/mol. The second kappa shape index (κ2) is 4.67. The number of rotatable bonds is 3. The quantitative estimate of drug-likeness (QED) is 0.759. The SMILES string of the molecule is COCC1(C(C)C)NC(C)CCS1. The fourth-order valence-corrected chi connectivity index (χ4v) is 3.40. The van der Waals surface area contributed by atoms with E-state index in [0.29, 0.717) is 12.0 Å². The number of hydrogen-bond donors (Lipinski definition) is 1. The Bertz CT molecular complexity index is 159. The summed E-state index contributed by atoms with van der Waals surface area (Å²) in [6.07, 6.45) is 1.27. The Morgan fingerprint density at radius 2 is 2.31 bits per heavy atom. The maximum atomic E-state index is 5.31. The van der Waals surface area contributed by atoms with Crippen molar-refractivity contribution < 1.29 is 4.74 Å². The first kappa shape index (κ1) is 11.3. The van der Waals surface area contributed by atoms with Gasteiger partial charge in [0.1, 0.15) is 0 Å². The van der Waals surface area contributed by atoms with Gasteiger partial charge >= 0.3 is 0 Å². The maximum absolute atomic E-state index is 5.31. The largest absolute Gasteiger partial charge is 0.382 e. The standard InChI is InChI=1S/C10H21NOS/c1-8(2)10(7-12-4)11-9(3)5-6-13-10/h8-9,11H,5-7H2,1-4H3. The molecule has 78 valence electrons. The van der Waals surface area contributed by atoms with Crippen LogP contribution in [0.2, 0.25) is 0 Å². The number of nitrogens with one attached hydrogen (secondary N) is 1. The Hall–Kier alpha value is 0.270. The van der Waals surface area contributed by atoms with Crippen molar-refractivity contribution in [3.05, 3.63) is 0 Å². The minimum atomic E-state index is 0.145. The van der Waals surface area contributed by atoms with Gasteiger partial charge in [0.2, 0.25) is 0 Å². The smallest absolute Gasteiger partial charge is 0.0906 e. The van der Waals surface area contributed by atoms with Crippen LogP contribution >= 0.6 is 11.8 Å². The lowest BCUT2D eigenvalue weighted by molar-refractivity contribution is 0.121. The molecule has 0 aromatic rings. The average molecular weight is 203 g/mol. The predicted octanol–water partition coefficient (Wildman–Crippen LogP) is 2.10. The molecule has 0 saturated carbocycles. The summed E-state index contributed by atoms with van der Waals surface area (Å²) in [4.78, 5) is 0.145. The Morgan fingerprint density at radius 1 is 1.62 bits per heavy atom. The van der Waals surface area contributed by atoms with Crippen molar-refractivity contribution in [2.24, 2.45) is 5.92 Å². The topological polar surface area (TPSA) is 21.3 Å². The van der Waals surface area contributed by atoms with E-state index in [-0.39, 0.29) is 4.87 Å². The van der Waals surface area contributed by atoms with Gasteiger partial charge in [0, 0.05) is 13.2 Å². The first-order valence-electron chi connectivity index (χ1n) is 5.01. The van der Waals surface area contributed by atoms with E-state index in [0.717, 1.165) is 6.61 Å². The molecule has 0 amide bonds. The van der Waals surface area contributed by atoms with E-state index in [1.165, 1.54) is 12.2 Å². The number of ether oxygens (including phenoxy) is 1. The molecule has 2 nitrogen and oxygen atoms in total. The summed E-state index contributed by atoms with van der Waals surface area (Å²) in [6, 6.07) is 0.624. The van der Waals surface area contributed by atoms with Gasteiger partial charge in [0.25, 0.3) is 0 Å². The van der Waals surface area contributed by atoms with Crippen LogP contribution in [0, 0.1) is 5.92 Å². The van der Waals surface area contributed by atoms with E-state index in [2.05, 4.69) is 26.1 Å². The van der Waals surface area contributed by atoms with Crippen molar-refractivity contribution in [2.45, 2.75) is 38.1 Å². The molecule has 0 bridgehead atoms. The molecular formula is C10H21NOS. The Labute approximate surface area is 85.8 Å². The van der Waals surface area contributed by atoms with Crippen molar-refractivity contribution >= 4 is 11.8 Å². The van der Waals surface area contributed by atoms with E-state index >= 15 is 0 Å². The fraction of sp³-hybridized carbons (Fsp3) is 1.00. The van der Waals surface area contributed by atoms with Crippen LogP contribution in [0.25, 0.3) is 0 Å². The highest BCUT2D eigenvalue weighted by molar-refractivity contribution is 8.00. The van der Waals surface area contributed by atoms with E-state index < -0.39 is 0 Å². The number of thioether (sulfide) groups is 1. The molecule has 0 aromatic carbocycles. The molecule has 1 heterocycles. The van der Waals surface area contributed by atoms with E-state index in [9.17, 15) is 0 Å². The van der Waals surface area contributed by atoms with Gasteiger partial charge in [-0.3, -0.25) is 5.32 Å². The first-order chi connectivity index (χ1) is 6.10. The summed E-state index contributed by atoms with van der Waals surface area (Å²) in [5.74, 6) is 1.86. The van der Waals surface area contributed by atoms with Gasteiger partial charge < -0.3 is 4.74 Å². The fourth-order valence-electron chi connectivity index (χ4n) is 1.75. The summed E-state index contributed by atoms with van der Waals surface area (Å²) in [7, 11) is 1.78. The summed E-state index contributed by atoms with van der Waals surface area (Å²) < 4.78 is 5.31. The van der Waals surface area contributed by atoms with Gasteiger partial charge in [0.05, 0.1) is 11.5 Å². The highest BCUT2D eigenvalue weighted by Crippen LogP contribution is 2.35. The molecule has 1 aliphatic heterocycles. The minimum absolute atomic E-state index is 0.145. The Kier molecular flexibility index (Phi) is 4.07. The molecule has 3 heteroatoms. The van der Waals surface area contributed by atoms with E-state index in [1.54, 1.807) is 7.11 Å². The van der Waals surface area contributed by atoms with Crippen molar-refractivity contribution in [2.75, 3.05) is 19.5 Å². The monoisotopic (exact) mass is 203 g/mol. The molecule has 1 N–H and O–H groups in total. The van der Waals surface area contributed by atoms with Gasteiger partial charge in [-0.2, -0.15) is 0 Å². The van der Waals surface area contributed by atoms with Gasteiger partial charge in [-0.15, -0.1) is 11.8 Å². The number of methoxy groups -OCH3 is 1. The molecule has 0 spiro atoms. The molecular weight excluding hydrogens is 182 g/mol. The second-order valence-electron chi connectivity index (χ2n) is 4.16. The first-order valence-corrected chi connectivity index (χ1v) is 6.00. The molecule has 0 aliphatic carbocycles. The van der Waals surface area contributed by atoms with Crippen molar-refractivity contribution in [1.29, 1.82) is 0 Å². The lowest BCUT2D eigenvalue weighted by Gasteiger charge is -2.43. The van der Waals surface area contributed by atoms with Crippen LogP contribution in [0.15, 0.2) is 0 Å². The van der Waals surface area contributed by atoms with Crippen LogP contribution in [-0.4, -0.2) is 30.4 Å². The molecule has 2 unspecified atom stereocenters. The molecule has 1 rings (SSSR count). The zero-order chi connectivity index (χ0) is 9.90. The summed E-state index contributed by atoms with van der Waals surface area (Å²) in [6.45, 7) is 7.58. The van der Waals surface area contributed by atoms with Gasteiger partial charge in [-0.25, -0.2) is 0 Å². The molecule has 1 saturated heterocycles. The van der Waals surface area contributed by atoms with Crippen LogP contribution in [0.1, 0.15) is 27.2 Å². The molecule has 0 aromatic heterocycles. The minimum Gasteiger partial charge on any atom is -0.382 e. The lowest BCUT2D eigenvalue weighted by atomic mass is 10.0. The van der Waals surface area contributed by atoms with Crippen molar-refractivity contribution in [1.82, 2.24) is 5.32 Å². The normalized spacial score (nSPS) is 35.3. The second-order valence-corrected chi connectivity index (χ2v) is 5.59. The van der Waals surface area contributed by atoms with Gasteiger partial charge in [0.15, 0.2) is 0 Å². The van der Waals surface area contributed by atoms with Crippen LogP contribution in [-0.2, 0) is 4.74 Å². The maximum Gasteiger partial charge on any atom is 0.0906 e. The number of hydrogen-bond acceptors (Lipinski definition) is 3. The van der Waals surface area contributed by atoms with Crippen molar-refractivity contribution in [3.8, 4) is 0 Å². The summed E-state index contributed by atoms with van der Waals surface area (Å²) >= 11 is 2.01. The lowest BCUT2D eigenvalue weighted by Crippen LogP contribution is -2.56. The Balaban J connectivity index is 2.64. The van der Waals surface area contributed by atoms with E-state index in [1.807, 2.05) is 11.8 Å². The molecule has 2 atom stereocenters. The molecule has 1 fully saturated rings. The zero-order valence-corrected chi connectivity index (χ0v) is 9.91. The third-order valence-corrected chi connectivity index (χ3v) is 4.35. The zero-order valence-electron chi connectivity index (χ0n) is 9.09. The van der Waals surface area contributed by atoms with Crippen LogP contribution in [0.5, 0.6) is 0 Å². The highest BCUT2D eigenvalue weighted by Gasteiger charge is 2.37. The van der Waals surface area contributed by atoms with Gasteiger partial charge in [-0.05, 0) is 25.0 Å².